The number of hydrogen-bond acceptors (Lipinski definition) is 4. The van der Waals surface area contributed by atoms with Gasteiger partial charge in [-0.25, -0.2) is 9.69 Å². The van der Waals surface area contributed by atoms with Crippen LogP contribution in [0.5, 0.6) is 5.75 Å². The summed E-state index contributed by atoms with van der Waals surface area (Å²) < 4.78 is 5.42. The second-order valence-corrected chi connectivity index (χ2v) is 4.63. The molecule has 6 heteroatoms. The van der Waals surface area contributed by atoms with Crippen LogP contribution in [0.2, 0.25) is 0 Å². The molecule has 0 unspecified atom stereocenters. The van der Waals surface area contributed by atoms with Gasteiger partial charge < -0.3 is 4.74 Å². The predicted molar refractivity (Wildman–Crippen MR) is 77.1 cm³/mol. The third-order valence-electron chi connectivity index (χ3n) is 3.19. The Hall–Kier alpha value is -2.37. The van der Waals surface area contributed by atoms with Crippen molar-refractivity contribution in [2.45, 2.75) is 26.7 Å². The minimum atomic E-state index is -0.830. The van der Waals surface area contributed by atoms with Crippen LogP contribution in [-0.2, 0) is 9.59 Å². The largest absolute Gasteiger partial charge is 0.492 e. The highest BCUT2D eigenvalue weighted by Crippen LogP contribution is 2.31. The molecule has 6 nitrogen and oxygen atoms in total. The van der Waals surface area contributed by atoms with E-state index in [4.69, 9.17) is 4.74 Å². The van der Waals surface area contributed by atoms with E-state index >= 15 is 0 Å². The first kappa shape index (κ1) is 15.0. The molecule has 1 aliphatic heterocycles. The van der Waals surface area contributed by atoms with Crippen LogP contribution < -0.4 is 9.64 Å². The number of rotatable bonds is 6. The highest BCUT2D eigenvalue weighted by Gasteiger charge is 2.45. The summed E-state index contributed by atoms with van der Waals surface area (Å²) in [4.78, 5) is 38.3. The summed E-state index contributed by atoms with van der Waals surface area (Å²) in [5.74, 6) is -1.20. The lowest BCUT2D eigenvalue weighted by molar-refractivity contribution is -0.139. The number of urea groups is 1. The fourth-order valence-electron chi connectivity index (χ4n) is 2.15. The summed E-state index contributed by atoms with van der Waals surface area (Å²) in [6.07, 6.45) is 1.51. The number of amides is 4. The van der Waals surface area contributed by atoms with E-state index in [1.807, 2.05) is 13.8 Å². The summed E-state index contributed by atoms with van der Waals surface area (Å²) in [7, 11) is 0. The summed E-state index contributed by atoms with van der Waals surface area (Å²) in [5.41, 5.74) is 0.307. The molecule has 0 bridgehead atoms. The number of unbranched alkanes of at least 4 members (excludes halogenated alkanes) is 1. The van der Waals surface area contributed by atoms with Crippen molar-refractivity contribution in [2.75, 3.05) is 18.1 Å². The number of carbonyl (C=O) groups excluding carboxylic acids is 3. The van der Waals surface area contributed by atoms with Gasteiger partial charge in [-0.15, -0.1) is 0 Å². The molecule has 0 aliphatic carbocycles. The maximum absolute atomic E-state index is 12.3. The molecule has 2 rings (SSSR count). The fourth-order valence-corrected chi connectivity index (χ4v) is 2.15. The molecule has 0 N–H and O–H groups in total. The number of nitrogens with zero attached hydrogens (tertiary/aromatic N) is 2. The fraction of sp³-hybridized carbons (Fsp3) is 0.400. The molecule has 1 aromatic carbocycles. The van der Waals surface area contributed by atoms with Gasteiger partial charge >= 0.3 is 17.8 Å². The number of anilines is 1. The first-order chi connectivity index (χ1) is 10.1. The van der Waals surface area contributed by atoms with E-state index in [0.717, 1.165) is 16.2 Å². The smallest absolute Gasteiger partial charge is 0.339 e. The molecule has 0 spiro atoms. The van der Waals surface area contributed by atoms with Gasteiger partial charge in [-0.3, -0.25) is 14.5 Å². The second kappa shape index (κ2) is 6.39. The first-order valence-electron chi connectivity index (χ1n) is 7.03. The number of imide groups is 2. The maximum Gasteiger partial charge on any atom is 0.339 e. The molecule has 0 atom stereocenters. The van der Waals surface area contributed by atoms with Crippen LogP contribution in [-0.4, -0.2) is 35.9 Å². The molecule has 1 aromatic rings. The number of carbonyl (C=O) groups is 3. The maximum atomic E-state index is 12.3. The molecule has 21 heavy (non-hydrogen) atoms. The summed E-state index contributed by atoms with van der Waals surface area (Å²) in [6.45, 7) is 4.42. The molecule has 1 saturated heterocycles. The molecule has 1 aliphatic rings. The van der Waals surface area contributed by atoms with Crippen LogP contribution in [0.4, 0.5) is 10.5 Å². The van der Waals surface area contributed by atoms with Crippen molar-refractivity contribution in [1.29, 1.82) is 0 Å². The topological polar surface area (TPSA) is 66.9 Å². The molecular weight excluding hydrogens is 272 g/mol. The van der Waals surface area contributed by atoms with Crippen LogP contribution in [0.25, 0.3) is 0 Å². The van der Waals surface area contributed by atoms with Crippen molar-refractivity contribution in [2.24, 2.45) is 0 Å². The average molecular weight is 290 g/mol. The molecule has 1 fully saturated rings. The van der Waals surface area contributed by atoms with Crippen molar-refractivity contribution in [1.82, 2.24) is 4.90 Å². The van der Waals surface area contributed by atoms with Crippen molar-refractivity contribution < 1.29 is 19.1 Å². The number of benzene rings is 1. The van der Waals surface area contributed by atoms with E-state index in [1.54, 1.807) is 24.3 Å². The Morgan fingerprint density at radius 1 is 1.05 bits per heavy atom. The SMILES string of the molecule is CCCCN1C(=O)C(=O)N(c2ccccc2OCC)C1=O. The van der Waals surface area contributed by atoms with E-state index in [0.29, 0.717) is 24.5 Å². The quantitative estimate of drug-likeness (QED) is 0.595. The van der Waals surface area contributed by atoms with Gasteiger partial charge in [0.05, 0.1) is 12.3 Å². The normalized spacial score (nSPS) is 15.0. The van der Waals surface area contributed by atoms with Gasteiger partial charge in [0.15, 0.2) is 0 Å². The van der Waals surface area contributed by atoms with Crippen molar-refractivity contribution in [3.05, 3.63) is 24.3 Å². The van der Waals surface area contributed by atoms with Crippen LogP contribution in [0.3, 0.4) is 0 Å². The van der Waals surface area contributed by atoms with Crippen LogP contribution in [0.1, 0.15) is 26.7 Å². The third-order valence-corrected chi connectivity index (χ3v) is 3.19. The summed E-state index contributed by atoms with van der Waals surface area (Å²) in [5, 5.41) is 0. The lowest BCUT2D eigenvalue weighted by Crippen LogP contribution is -2.34. The Balaban J connectivity index is 2.34. The molecule has 112 valence electrons. The van der Waals surface area contributed by atoms with E-state index < -0.39 is 17.8 Å². The zero-order chi connectivity index (χ0) is 15.4. The molecule has 0 aromatic heterocycles. The van der Waals surface area contributed by atoms with Gasteiger partial charge in [-0.05, 0) is 25.5 Å². The molecule has 0 radical (unpaired) electrons. The Bertz CT molecular complexity index is 571. The lowest BCUT2D eigenvalue weighted by Gasteiger charge is -2.18. The molecular formula is C15H18N2O4. The first-order valence-corrected chi connectivity index (χ1v) is 7.03. The summed E-state index contributed by atoms with van der Waals surface area (Å²) in [6, 6.07) is 6.09. The Labute approximate surface area is 123 Å². The van der Waals surface area contributed by atoms with Crippen LogP contribution in [0.15, 0.2) is 24.3 Å². The van der Waals surface area contributed by atoms with E-state index in [1.165, 1.54) is 0 Å². The van der Waals surface area contributed by atoms with E-state index in [-0.39, 0.29) is 6.54 Å². The highest BCUT2D eigenvalue weighted by molar-refractivity contribution is 6.53. The van der Waals surface area contributed by atoms with Gasteiger partial charge in [0, 0.05) is 6.54 Å². The molecule has 4 amide bonds. The lowest BCUT2D eigenvalue weighted by atomic mass is 10.2. The average Bonchev–Trinajstić information content (AvgIpc) is 2.69. The number of hydrogen-bond donors (Lipinski definition) is 0. The van der Waals surface area contributed by atoms with E-state index in [9.17, 15) is 14.4 Å². The highest BCUT2D eigenvalue weighted by atomic mass is 16.5. The zero-order valence-corrected chi connectivity index (χ0v) is 12.2. The Kier molecular flexibility index (Phi) is 4.57. The minimum Gasteiger partial charge on any atom is -0.492 e. The number of para-hydroxylation sites is 2. The monoisotopic (exact) mass is 290 g/mol. The van der Waals surface area contributed by atoms with E-state index in [2.05, 4.69) is 0 Å². The third kappa shape index (κ3) is 2.74. The van der Waals surface area contributed by atoms with Gasteiger partial charge in [0.1, 0.15) is 5.75 Å². The standard InChI is InChI=1S/C15H18N2O4/c1-3-5-10-16-13(18)14(19)17(15(16)20)11-8-6-7-9-12(11)21-4-2/h6-9H,3-5,10H2,1-2H3. The van der Waals surface area contributed by atoms with Gasteiger partial charge in [0.25, 0.3) is 0 Å². The van der Waals surface area contributed by atoms with Gasteiger partial charge in [-0.2, -0.15) is 0 Å². The van der Waals surface area contributed by atoms with Crippen molar-refractivity contribution >= 4 is 23.5 Å². The van der Waals surface area contributed by atoms with Crippen LogP contribution >= 0.6 is 0 Å². The zero-order valence-electron chi connectivity index (χ0n) is 12.2. The second-order valence-electron chi connectivity index (χ2n) is 4.63. The molecule has 0 saturated carbocycles. The van der Waals surface area contributed by atoms with Gasteiger partial charge in [-0.1, -0.05) is 25.5 Å². The number of ether oxygens (including phenoxy) is 1. The Morgan fingerprint density at radius 3 is 2.43 bits per heavy atom. The molecule has 1 heterocycles. The van der Waals surface area contributed by atoms with Crippen LogP contribution in [0, 0.1) is 0 Å². The van der Waals surface area contributed by atoms with Crippen molar-refractivity contribution in [3.63, 3.8) is 0 Å². The van der Waals surface area contributed by atoms with Crippen molar-refractivity contribution in [3.8, 4) is 5.75 Å². The van der Waals surface area contributed by atoms with Gasteiger partial charge in [0.2, 0.25) is 0 Å². The minimum absolute atomic E-state index is 0.257. The summed E-state index contributed by atoms with van der Waals surface area (Å²) >= 11 is 0. The predicted octanol–water partition coefficient (Wildman–Crippen LogP) is 2.18. The Morgan fingerprint density at radius 2 is 1.76 bits per heavy atom.